The molecule has 0 spiro atoms. The Hall–Kier alpha value is -1.66. The summed E-state index contributed by atoms with van der Waals surface area (Å²) in [6, 6.07) is 20.3. The molecule has 3 heteroatoms. The molecule has 0 amide bonds. The molecule has 1 nitrogen and oxygen atoms in total. The summed E-state index contributed by atoms with van der Waals surface area (Å²) in [5.74, 6) is 0. The predicted molar refractivity (Wildman–Crippen MR) is 148 cm³/mol. The number of hydrogen-bond acceptors (Lipinski definition) is 1. The van der Waals surface area contributed by atoms with Gasteiger partial charge in [0.1, 0.15) is 0 Å². The Balaban J connectivity index is 0.000000320. The summed E-state index contributed by atoms with van der Waals surface area (Å²) in [6.45, 7) is 15.1. The van der Waals surface area contributed by atoms with E-state index in [0.717, 1.165) is 28.7 Å². The zero-order valence-corrected chi connectivity index (χ0v) is 23.2. The molecule has 0 saturated carbocycles. The SMILES string of the molecule is C=C(C(=C)c1ccccc1)c1ccccc1.CCCP(CCC)(CCC)=NC1=CC=CC1.[Ti]. The number of nitrogens with zero attached hydrogens (tertiary/aromatic N) is 1. The van der Waals surface area contributed by atoms with Gasteiger partial charge in [0.2, 0.25) is 0 Å². The Bertz CT molecular complexity index is 898. The first-order chi connectivity index (χ1) is 15.5. The van der Waals surface area contributed by atoms with Crippen molar-refractivity contribution in [3.8, 4) is 0 Å². The summed E-state index contributed by atoms with van der Waals surface area (Å²) in [4.78, 5) is 0. The molecule has 2 aromatic rings. The van der Waals surface area contributed by atoms with Gasteiger partial charge in [-0.3, -0.25) is 4.74 Å². The molecule has 0 fully saturated rings. The van der Waals surface area contributed by atoms with Crippen LogP contribution in [0.1, 0.15) is 57.6 Å². The topological polar surface area (TPSA) is 12.4 Å². The van der Waals surface area contributed by atoms with Crippen LogP contribution in [0.3, 0.4) is 0 Å². The van der Waals surface area contributed by atoms with Crippen molar-refractivity contribution in [2.45, 2.75) is 46.5 Å². The average Bonchev–Trinajstić information content (AvgIpc) is 3.33. The second-order valence-corrected chi connectivity index (χ2v) is 12.1. The minimum Gasteiger partial charge on any atom is -0.272 e. The van der Waals surface area contributed by atoms with E-state index < -0.39 is 7.05 Å². The van der Waals surface area contributed by atoms with E-state index >= 15 is 0 Å². The Kier molecular flexibility index (Phi) is 14.3. The maximum Gasteiger partial charge on any atom is 0.0425 e. The number of hydrogen-bond donors (Lipinski definition) is 0. The minimum absolute atomic E-state index is 0. The van der Waals surface area contributed by atoms with Crippen LogP contribution >= 0.6 is 7.05 Å². The minimum atomic E-state index is -1.03. The summed E-state index contributed by atoms with van der Waals surface area (Å²) in [5.41, 5.74) is 5.54. The van der Waals surface area contributed by atoms with Gasteiger partial charge in [0, 0.05) is 33.8 Å². The van der Waals surface area contributed by atoms with Crippen LogP contribution in [0.15, 0.2) is 102 Å². The van der Waals surface area contributed by atoms with Gasteiger partial charge in [-0.1, -0.05) is 126 Å². The molecule has 1 aliphatic carbocycles. The van der Waals surface area contributed by atoms with Crippen molar-refractivity contribution in [1.82, 2.24) is 0 Å². The number of allylic oxidation sites excluding steroid dienone is 5. The van der Waals surface area contributed by atoms with E-state index in [1.165, 1.54) is 43.4 Å². The Labute approximate surface area is 217 Å². The zero-order valence-electron chi connectivity index (χ0n) is 20.8. The van der Waals surface area contributed by atoms with Crippen molar-refractivity contribution in [3.63, 3.8) is 0 Å². The van der Waals surface area contributed by atoms with Crippen LogP contribution in [-0.2, 0) is 21.7 Å². The Morgan fingerprint density at radius 2 is 1.18 bits per heavy atom. The van der Waals surface area contributed by atoms with Crippen molar-refractivity contribution < 1.29 is 21.7 Å². The first-order valence-corrected chi connectivity index (χ1v) is 14.3. The van der Waals surface area contributed by atoms with E-state index in [1.807, 2.05) is 36.4 Å². The molecule has 0 aromatic heterocycles. The van der Waals surface area contributed by atoms with Crippen LogP contribution in [0.2, 0.25) is 0 Å². The summed E-state index contributed by atoms with van der Waals surface area (Å²) in [5, 5.41) is 0. The molecule has 0 unspecified atom stereocenters. The molecule has 33 heavy (non-hydrogen) atoms. The quantitative estimate of drug-likeness (QED) is 0.177. The predicted octanol–water partition coefficient (Wildman–Crippen LogP) is 9.67. The van der Waals surface area contributed by atoms with Crippen LogP contribution < -0.4 is 0 Å². The zero-order chi connectivity index (χ0) is 23.2. The third kappa shape index (κ3) is 9.62. The molecule has 1 aliphatic rings. The number of benzene rings is 2. The first-order valence-electron chi connectivity index (χ1n) is 12.0. The van der Waals surface area contributed by atoms with Gasteiger partial charge in [0.25, 0.3) is 0 Å². The van der Waals surface area contributed by atoms with Gasteiger partial charge < -0.3 is 0 Å². The smallest absolute Gasteiger partial charge is 0.0425 e. The summed E-state index contributed by atoms with van der Waals surface area (Å²) in [7, 11) is -1.03. The summed E-state index contributed by atoms with van der Waals surface area (Å²) < 4.78 is 5.19. The molecule has 2 aromatic carbocycles. The normalized spacial score (nSPS) is 12.2. The molecule has 0 bridgehead atoms. The largest absolute Gasteiger partial charge is 0.272 e. The molecule has 0 radical (unpaired) electrons. The van der Waals surface area contributed by atoms with Gasteiger partial charge in [-0.15, -0.1) is 0 Å². The van der Waals surface area contributed by atoms with Gasteiger partial charge >= 0.3 is 0 Å². The summed E-state index contributed by atoms with van der Waals surface area (Å²) in [6.07, 6.45) is 15.6. The van der Waals surface area contributed by atoms with Gasteiger partial charge in [0.15, 0.2) is 0 Å². The van der Waals surface area contributed by atoms with E-state index in [1.54, 1.807) is 0 Å². The second kappa shape index (κ2) is 16.1. The van der Waals surface area contributed by atoms with E-state index in [0.29, 0.717) is 0 Å². The van der Waals surface area contributed by atoms with Crippen molar-refractivity contribution in [2.24, 2.45) is 4.74 Å². The van der Waals surface area contributed by atoms with E-state index in [-0.39, 0.29) is 21.7 Å². The van der Waals surface area contributed by atoms with Crippen LogP contribution in [-0.4, -0.2) is 18.5 Å². The molecule has 0 saturated heterocycles. The Morgan fingerprint density at radius 3 is 1.52 bits per heavy atom. The molecular formula is C30H40NPTi. The fourth-order valence-electron chi connectivity index (χ4n) is 4.14. The van der Waals surface area contributed by atoms with Crippen molar-refractivity contribution in [3.05, 3.63) is 109 Å². The maximum atomic E-state index is 5.19. The van der Waals surface area contributed by atoms with Crippen molar-refractivity contribution in [2.75, 3.05) is 18.5 Å². The molecule has 3 rings (SSSR count). The van der Waals surface area contributed by atoms with E-state index in [9.17, 15) is 0 Å². The average molecular weight is 493 g/mol. The van der Waals surface area contributed by atoms with Crippen molar-refractivity contribution >= 4 is 18.2 Å². The number of rotatable bonds is 10. The fraction of sp³-hybridized carbons (Fsp3) is 0.333. The standard InChI is InChI=1S/C16H14.C14H26NP.Ti/c1-13(15-9-5-3-6-10-15)14(2)16-11-7-4-8-12-16;1-4-11-16(12-5-2,13-6-3)15-14-9-7-8-10-14;/h3-12H,1-2H2;7-9H,4-6,10-13H2,1-3H3;. The maximum absolute atomic E-state index is 5.19. The van der Waals surface area contributed by atoms with Crippen LogP contribution in [0.4, 0.5) is 0 Å². The van der Waals surface area contributed by atoms with E-state index in [4.69, 9.17) is 4.74 Å². The molecule has 0 N–H and O–H groups in total. The molecule has 174 valence electrons. The van der Waals surface area contributed by atoms with Gasteiger partial charge in [-0.2, -0.15) is 0 Å². The van der Waals surface area contributed by atoms with Gasteiger partial charge in [-0.05, 0) is 53.9 Å². The van der Waals surface area contributed by atoms with Crippen LogP contribution in [0.25, 0.3) is 11.1 Å². The second-order valence-electron chi connectivity index (χ2n) is 8.35. The molecule has 0 atom stereocenters. The van der Waals surface area contributed by atoms with Crippen LogP contribution in [0.5, 0.6) is 0 Å². The van der Waals surface area contributed by atoms with Crippen molar-refractivity contribution in [1.29, 1.82) is 0 Å². The van der Waals surface area contributed by atoms with E-state index in [2.05, 4.69) is 76.4 Å². The third-order valence-electron chi connectivity index (χ3n) is 5.62. The molecular weight excluding hydrogens is 453 g/mol. The fourth-order valence-corrected chi connectivity index (χ4v) is 8.31. The van der Waals surface area contributed by atoms with Gasteiger partial charge in [0.05, 0.1) is 0 Å². The third-order valence-corrected chi connectivity index (χ3v) is 10.1. The Morgan fingerprint density at radius 1 is 0.758 bits per heavy atom. The monoisotopic (exact) mass is 493 g/mol. The molecule has 0 aliphatic heterocycles. The summed E-state index contributed by atoms with van der Waals surface area (Å²) >= 11 is 0. The van der Waals surface area contributed by atoms with Gasteiger partial charge in [-0.25, -0.2) is 0 Å². The van der Waals surface area contributed by atoms with Crippen LogP contribution in [0, 0.1) is 0 Å². The molecule has 0 heterocycles. The first kappa shape index (κ1) is 29.4.